The molecule has 21 heavy (non-hydrogen) atoms. The summed E-state index contributed by atoms with van der Waals surface area (Å²) in [6.07, 6.45) is 1.84. The lowest BCUT2D eigenvalue weighted by molar-refractivity contribution is 0.458. The number of hydrogen-bond donors (Lipinski definition) is 0. The van der Waals surface area contributed by atoms with Gasteiger partial charge in [-0.25, -0.2) is 8.42 Å². The Kier molecular flexibility index (Phi) is 5.24. The Morgan fingerprint density at radius 2 is 1.86 bits per heavy atom. The molecule has 0 atom stereocenters. The van der Waals surface area contributed by atoms with Crippen LogP contribution < -0.4 is 0 Å². The Hall–Kier alpha value is -0.700. The number of benzene rings is 1. The molecule has 5 nitrogen and oxygen atoms in total. The van der Waals surface area contributed by atoms with Gasteiger partial charge in [-0.05, 0) is 47.1 Å². The van der Waals surface area contributed by atoms with Crippen LogP contribution in [0.1, 0.15) is 12.6 Å². The van der Waals surface area contributed by atoms with Gasteiger partial charge in [0.05, 0.1) is 21.6 Å². The van der Waals surface area contributed by atoms with Crippen molar-refractivity contribution < 1.29 is 8.42 Å². The third-order valence-corrected chi connectivity index (χ3v) is 6.01. The molecule has 114 valence electrons. The molecule has 0 saturated carbocycles. The summed E-state index contributed by atoms with van der Waals surface area (Å²) in [5.41, 5.74) is 0.694. The van der Waals surface area contributed by atoms with Gasteiger partial charge in [-0.2, -0.15) is 9.40 Å². The summed E-state index contributed by atoms with van der Waals surface area (Å²) >= 11 is 6.70. The largest absolute Gasteiger partial charge is 0.272 e. The van der Waals surface area contributed by atoms with E-state index in [9.17, 15) is 8.42 Å². The van der Waals surface area contributed by atoms with Crippen LogP contribution >= 0.6 is 31.9 Å². The second-order valence-corrected chi connectivity index (χ2v) is 8.31. The molecule has 0 N–H and O–H groups in total. The average molecular weight is 437 g/mol. The quantitative estimate of drug-likeness (QED) is 0.722. The zero-order chi connectivity index (χ0) is 15.6. The van der Waals surface area contributed by atoms with E-state index in [1.165, 1.54) is 4.31 Å². The fourth-order valence-corrected chi connectivity index (χ4v) is 3.63. The SMILES string of the molecule is CCn1cc(Br)c(CN(C)S(=O)(=O)c2ccc(Br)cc2)n1. The van der Waals surface area contributed by atoms with Crippen LogP contribution in [-0.2, 0) is 23.1 Å². The lowest BCUT2D eigenvalue weighted by atomic mass is 10.4. The summed E-state index contributed by atoms with van der Waals surface area (Å²) < 4.78 is 29.7. The first kappa shape index (κ1) is 16.7. The van der Waals surface area contributed by atoms with E-state index in [2.05, 4.69) is 37.0 Å². The predicted octanol–water partition coefficient (Wildman–Crippen LogP) is 3.25. The Balaban J connectivity index is 2.24. The minimum atomic E-state index is -3.53. The molecule has 0 fully saturated rings. The predicted molar refractivity (Wildman–Crippen MR) is 88.4 cm³/mol. The minimum absolute atomic E-state index is 0.214. The molecule has 0 amide bonds. The van der Waals surface area contributed by atoms with Crippen LogP contribution in [0.5, 0.6) is 0 Å². The Morgan fingerprint density at radius 3 is 2.38 bits per heavy atom. The van der Waals surface area contributed by atoms with E-state index in [0.29, 0.717) is 5.69 Å². The highest BCUT2D eigenvalue weighted by Crippen LogP contribution is 2.22. The van der Waals surface area contributed by atoms with Crippen molar-refractivity contribution in [2.75, 3.05) is 7.05 Å². The zero-order valence-electron chi connectivity index (χ0n) is 11.6. The monoisotopic (exact) mass is 435 g/mol. The highest BCUT2D eigenvalue weighted by Gasteiger charge is 2.22. The van der Waals surface area contributed by atoms with Gasteiger partial charge in [0.2, 0.25) is 10.0 Å². The number of rotatable bonds is 5. The van der Waals surface area contributed by atoms with Gasteiger partial charge in [0, 0.05) is 24.3 Å². The topological polar surface area (TPSA) is 55.2 Å². The van der Waals surface area contributed by atoms with E-state index < -0.39 is 10.0 Å². The van der Waals surface area contributed by atoms with Crippen LogP contribution in [0.15, 0.2) is 44.3 Å². The summed E-state index contributed by atoms with van der Waals surface area (Å²) in [6, 6.07) is 6.58. The Bertz CT molecular complexity index is 726. The van der Waals surface area contributed by atoms with Crippen molar-refractivity contribution in [1.82, 2.24) is 14.1 Å². The molecule has 1 heterocycles. The zero-order valence-corrected chi connectivity index (χ0v) is 15.6. The molecule has 0 saturated heterocycles. The van der Waals surface area contributed by atoms with Crippen LogP contribution in [-0.4, -0.2) is 29.6 Å². The van der Waals surface area contributed by atoms with E-state index in [1.54, 1.807) is 36.0 Å². The number of sulfonamides is 1. The first-order chi connectivity index (χ1) is 9.84. The van der Waals surface area contributed by atoms with Crippen LogP contribution in [0.4, 0.5) is 0 Å². The third-order valence-electron chi connectivity index (χ3n) is 3.01. The van der Waals surface area contributed by atoms with E-state index in [1.807, 2.05) is 13.1 Å². The molecule has 1 aromatic carbocycles. The van der Waals surface area contributed by atoms with Crippen molar-refractivity contribution in [3.05, 3.63) is 45.1 Å². The molecule has 0 aliphatic heterocycles. The maximum absolute atomic E-state index is 12.5. The summed E-state index contributed by atoms with van der Waals surface area (Å²) in [5, 5.41) is 4.35. The highest BCUT2D eigenvalue weighted by atomic mass is 79.9. The molecule has 8 heteroatoms. The number of halogens is 2. The van der Waals surface area contributed by atoms with Gasteiger partial charge in [-0.15, -0.1) is 0 Å². The normalized spacial score (nSPS) is 12.0. The number of aromatic nitrogens is 2. The Morgan fingerprint density at radius 1 is 1.24 bits per heavy atom. The second-order valence-electron chi connectivity index (χ2n) is 4.49. The lowest BCUT2D eigenvalue weighted by Gasteiger charge is -2.16. The smallest absolute Gasteiger partial charge is 0.243 e. The van der Waals surface area contributed by atoms with Gasteiger partial charge < -0.3 is 0 Å². The molecule has 0 spiro atoms. The van der Waals surface area contributed by atoms with Crippen LogP contribution in [0, 0.1) is 0 Å². The van der Waals surface area contributed by atoms with Crippen LogP contribution in [0.2, 0.25) is 0 Å². The Labute approximate surface area is 141 Å². The fraction of sp³-hybridized carbons (Fsp3) is 0.308. The van der Waals surface area contributed by atoms with Crippen LogP contribution in [0.25, 0.3) is 0 Å². The number of nitrogens with zero attached hydrogens (tertiary/aromatic N) is 3. The molecule has 2 rings (SSSR count). The first-order valence-electron chi connectivity index (χ1n) is 6.28. The molecule has 0 bridgehead atoms. The average Bonchev–Trinajstić information content (AvgIpc) is 2.80. The van der Waals surface area contributed by atoms with E-state index in [0.717, 1.165) is 15.5 Å². The lowest BCUT2D eigenvalue weighted by Crippen LogP contribution is -2.26. The minimum Gasteiger partial charge on any atom is -0.272 e. The number of hydrogen-bond acceptors (Lipinski definition) is 3. The molecular weight excluding hydrogens is 422 g/mol. The van der Waals surface area contributed by atoms with E-state index in [4.69, 9.17) is 0 Å². The first-order valence-corrected chi connectivity index (χ1v) is 9.31. The van der Waals surface area contributed by atoms with Crippen molar-refractivity contribution >= 4 is 41.9 Å². The van der Waals surface area contributed by atoms with Crippen molar-refractivity contribution in [3.8, 4) is 0 Å². The standard InChI is InChI=1S/C13H15Br2N3O2S/c1-3-18-8-12(15)13(16-18)9-17(2)21(19,20)11-6-4-10(14)5-7-11/h4-8H,3,9H2,1-2H3. The summed E-state index contributed by atoms with van der Waals surface area (Å²) in [5.74, 6) is 0. The van der Waals surface area contributed by atoms with Gasteiger partial charge in [0.15, 0.2) is 0 Å². The fourth-order valence-electron chi connectivity index (χ4n) is 1.79. The van der Waals surface area contributed by atoms with Crippen molar-refractivity contribution in [3.63, 3.8) is 0 Å². The van der Waals surface area contributed by atoms with Gasteiger partial charge in [-0.3, -0.25) is 4.68 Å². The third kappa shape index (κ3) is 3.74. The second kappa shape index (κ2) is 6.60. The summed E-state index contributed by atoms with van der Waals surface area (Å²) in [4.78, 5) is 0.263. The van der Waals surface area contributed by atoms with E-state index >= 15 is 0 Å². The van der Waals surface area contributed by atoms with E-state index in [-0.39, 0.29) is 11.4 Å². The van der Waals surface area contributed by atoms with Gasteiger partial charge in [-0.1, -0.05) is 15.9 Å². The molecule has 2 aromatic rings. The maximum Gasteiger partial charge on any atom is 0.243 e. The van der Waals surface area contributed by atoms with Crippen LogP contribution in [0.3, 0.4) is 0 Å². The molecule has 1 aromatic heterocycles. The van der Waals surface area contributed by atoms with Gasteiger partial charge in [0.25, 0.3) is 0 Å². The van der Waals surface area contributed by atoms with Gasteiger partial charge >= 0.3 is 0 Å². The van der Waals surface area contributed by atoms with Crippen molar-refractivity contribution in [1.29, 1.82) is 0 Å². The van der Waals surface area contributed by atoms with Crippen molar-refractivity contribution in [2.24, 2.45) is 0 Å². The van der Waals surface area contributed by atoms with Crippen molar-refractivity contribution in [2.45, 2.75) is 24.9 Å². The molecule has 0 unspecified atom stereocenters. The molecule has 0 aliphatic rings. The number of aryl methyl sites for hydroxylation is 1. The maximum atomic E-state index is 12.5. The summed E-state index contributed by atoms with van der Waals surface area (Å²) in [7, 11) is -1.98. The summed E-state index contributed by atoms with van der Waals surface area (Å²) in [6.45, 7) is 2.93. The molecule has 0 aliphatic carbocycles. The highest BCUT2D eigenvalue weighted by molar-refractivity contribution is 9.10. The van der Waals surface area contributed by atoms with Gasteiger partial charge in [0.1, 0.15) is 0 Å². The molecule has 0 radical (unpaired) electrons. The molecular formula is C13H15Br2N3O2S.